The number of benzene rings is 1. The first-order chi connectivity index (χ1) is 8.86. The van der Waals surface area contributed by atoms with Gasteiger partial charge in [-0.3, -0.25) is 0 Å². The Morgan fingerprint density at radius 3 is 2.79 bits per heavy atom. The van der Waals surface area contributed by atoms with Crippen molar-refractivity contribution in [3.05, 3.63) is 28.8 Å². The van der Waals surface area contributed by atoms with Gasteiger partial charge >= 0.3 is 0 Å². The molecule has 0 aromatic heterocycles. The molecule has 19 heavy (non-hydrogen) atoms. The molecule has 0 amide bonds. The molecule has 106 valence electrons. The van der Waals surface area contributed by atoms with Crippen LogP contribution in [-0.2, 0) is 20.5 Å². The Labute approximate surface area is 122 Å². The van der Waals surface area contributed by atoms with Gasteiger partial charge in [0.1, 0.15) is 0 Å². The summed E-state index contributed by atoms with van der Waals surface area (Å²) in [7, 11) is -3.71. The van der Waals surface area contributed by atoms with Crippen LogP contribution in [-0.4, -0.2) is 26.4 Å². The van der Waals surface area contributed by atoms with Crippen molar-refractivity contribution < 1.29 is 13.2 Å². The summed E-state index contributed by atoms with van der Waals surface area (Å²) in [5.41, 5.74) is 0.862. The minimum absolute atomic E-state index is 0.0614. The summed E-state index contributed by atoms with van der Waals surface area (Å²) in [6, 6.07) is 4.71. The van der Waals surface area contributed by atoms with Gasteiger partial charge in [-0.25, -0.2) is 13.6 Å². The number of halogens is 1. The predicted molar refractivity (Wildman–Crippen MR) is 77.9 cm³/mol. The van der Waals surface area contributed by atoms with E-state index in [9.17, 15) is 8.42 Å². The number of sulfonamides is 1. The summed E-state index contributed by atoms with van der Waals surface area (Å²) >= 11 is 7.68. The van der Waals surface area contributed by atoms with Crippen LogP contribution in [0.4, 0.5) is 0 Å². The molecule has 0 aliphatic carbocycles. The zero-order chi connectivity index (χ0) is 14.0. The maximum absolute atomic E-state index is 11.3. The zero-order valence-electron chi connectivity index (χ0n) is 10.5. The van der Waals surface area contributed by atoms with Gasteiger partial charge in [-0.15, -0.1) is 0 Å². The highest BCUT2D eigenvalue weighted by atomic mass is 35.5. The molecule has 0 bridgehead atoms. The van der Waals surface area contributed by atoms with E-state index < -0.39 is 10.0 Å². The van der Waals surface area contributed by atoms with E-state index in [0.717, 1.165) is 18.6 Å². The third-order valence-electron chi connectivity index (χ3n) is 3.03. The highest BCUT2D eigenvalue weighted by Gasteiger charge is 2.24. The van der Waals surface area contributed by atoms with E-state index >= 15 is 0 Å². The molecule has 1 aromatic carbocycles. The van der Waals surface area contributed by atoms with Crippen LogP contribution in [0.2, 0.25) is 5.02 Å². The second kappa shape index (κ2) is 6.01. The van der Waals surface area contributed by atoms with Crippen molar-refractivity contribution >= 4 is 33.4 Å². The molecule has 4 nitrogen and oxygen atoms in total. The second-order valence-corrected chi connectivity index (χ2v) is 7.78. The topological polar surface area (TPSA) is 69.4 Å². The Morgan fingerprint density at radius 1 is 1.47 bits per heavy atom. The molecule has 1 aliphatic heterocycles. The molecule has 7 heteroatoms. The lowest BCUT2D eigenvalue weighted by atomic mass is 10.2. The summed E-state index contributed by atoms with van der Waals surface area (Å²) in [4.78, 5) is 0.0614. The number of hydrogen-bond acceptors (Lipinski definition) is 4. The van der Waals surface area contributed by atoms with E-state index in [1.165, 1.54) is 6.07 Å². The van der Waals surface area contributed by atoms with Crippen molar-refractivity contribution in [2.24, 2.45) is 5.14 Å². The van der Waals surface area contributed by atoms with Crippen LogP contribution < -0.4 is 5.14 Å². The van der Waals surface area contributed by atoms with Gasteiger partial charge in [-0.2, -0.15) is 11.8 Å². The smallest absolute Gasteiger partial charge is 0.238 e. The Morgan fingerprint density at radius 2 is 2.21 bits per heavy atom. The lowest BCUT2D eigenvalue weighted by Gasteiger charge is -2.13. The van der Waals surface area contributed by atoms with Gasteiger partial charge in [0.2, 0.25) is 10.0 Å². The third-order valence-corrected chi connectivity index (χ3v) is 5.69. The number of ether oxygens (including phenoxy) is 1. The summed E-state index contributed by atoms with van der Waals surface area (Å²) in [6.07, 6.45) is 1.26. The average Bonchev–Trinajstić information content (AvgIpc) is 2.70. The summed E-state index contributed by atoms with van der Waals surface area (Å²) < 4.78 is 28.2. The Kier molecular flexibility index (Phi) is 4.79. The van der Waals surface area contributed by atoms with Crippen molar-refractivity contribution in [3.8, 4) is 0 Å². The molecule has 1 fully saturated rings. The first kappa shape index (κ1) is 15.1. The minimum Gasteiger partial charge on any atom is -0.377 e. The summed E-state index contributed by atoms with van der Waals surface area (Å²) in [6.45, 7) is 2.84. The van der Waals surface area contributed by atoms with E-state index in [4.69, 9.17) is 21.5 Å². The van der Waals surface area contributed by atoms with Crippen molar-refractivity contribution in [1.82, 2.24) is 0 Å². The number of primary sulfonamides is 1. The molecule has 2 N–H and O–H groups in total. The Balaban J connectivity index is 2.10. The molecule has 1 aromatic rings. The molecular weight excluding hydrogens is 306 g/mol. The minimum atomic E-state index is -3.71. The maximum atomic E-state index is 11.3. The standard InChI is InChI=1S/C12H16ClNO3S2/c1-8-12(2-3-17-8)18-7-9-4-10(13)6-11(5-9)19(14,15)16/h4-6,8,12H,2-3,7H2,1H3,(H2,14,15,16). The van der Waals surface area contributed by atoms with Crippen LogP contribution in [0.3, 0.4) is 0 Å². The van der Waals surface area contributed by atoms with Gasteiger partial charge in [0.05, 0.1) is 11.0 Å². The molecule has 2 atom stereocenters. The van der Waals surface area contributed by atoms with Crippen molar-refractivity contribution in [2.75, 3.05) is 6.61 Å². The van der Waals surface area contributed by atoms with Crippen molar-refractivity contribution in [2.45, 2.75) is 35.3 Å². The molecule has 1 saturated heterocycles. The van der Waals surface area contributed by atoms with Crippen LogP contribution in [0.15, 0.2) is 23.1 Å². The van der Waals surface area contributed by atoms with Gasteiger partial charge < -0.3 is 4.74 Å². The van der Waals surface area contributed by atoms with Crippen LogP contribution in [0.1, 0.15) is 18.9 Å². The van der Waals surface area contributed by atoms with Crippen LogP contribution in [0.5, 0.6) is 0 Å². The molecule has 2 unspecified atom stereocenters. The molecular formula is C12H16ClNO3S2. The number of nitrogens with two attached hydrogens (primary N) is 1. The lowest BCUT2D eigenvalue weighted by Crippen LogP contribution is -2.14. The Hall–Kier alpha value is -0.270. The van der Waals surface area contributed by atoms with Crippen LogP contribution in [0.25, 0.3) is 0 Å². The van der Waals surface area contributed by atoms with Gasteiger partial charge in [0, 0.05) is 22.6 Å². The molecule has 0 radical (unpaired) electrons. The fourth-order valence-corrected chi connectivity index (χ4v) is 4.12. The van der Waals surface area contributed by atoms with Crippen molar-refractivity contribution in [1.29, 1.82) is 0 Å². The number of rotatable bonds is 4. The fourth-order valence-electron chi connectivity index (χ4n) is 2.00. The summed E-state index contributed by atoms with van der Waals surface area (Å²) in [5, 5.41) is 5.95. The fraction of sp³-hybridized carbons (Fsp3) is 0.500. The normalized spacial score (nSPS) is 23.7. The summed E-state index contributed by atoms with van der Waals surface area (Å²) in [5.74, 6) is 0.696. The maximum Gasteiger partial charge on any atom is 0.238 e. The predicted octanol–water partition coefficient (Wildman–Crippen LogP) is 2.40. The van der Waals surface area contributed by atoms with E-state index in [0.29, 0.717) is 16.0 Å². The second-order valence-electron chi connectivity index (χ2n) is 4.55. The van der Waals surface area contributed by atoms with Gasteiger partial charge in [0.25, 0.3) is 0 Å². The first-order valence-corrected chi connectivity index (χ1v) is 8.89. The Bertz CT molecular complexity index is 562. The SMILES string of the molecule is CC1OCCC1SCc1cc(Cl)cc(S(N)(=O)=O)c1. The van der Waals surface area contributed by atoms with Gasteiger partial charge in [-0.05, 0) is 37.1 Å². The molecule has 0 saturated carbocycles. The van der Waals surface area contributed by atoms with Crippen LogP contribution >= 0.6 is 23.4 Å². The molecule has 1 aliphatic rings. The monoisotopic (exact) mass is 321 g/mol. The van der Waals surface area contributed by atoms with Gasteiger partial charge in [0.15, 0.2) is 0 Å². The highest BCUT2D eigenvalue weighted by Crippen LogP contribution is 2.30. The molecule has 1 heterocycles. The number of hydrogen-bond donors (Lipinski definition) is 1. The lowest BCUT2D eigenvalue weighted by molar-refractivity contribution is 0.127. The number of thioether (sulfide) groups is 1. The quantitative estimate of drug-likeness (QED) is 0.924. The molecule has 0 spiro atoms. The highest BCUT2D eigenvalue weighted by molar-refractivity contribution is 7.99. The van der Waals surface area contributed by atoms with E-state index in [1.807, 2.05) is 0 Å². The third kappa shape index (κ3) is 4.10. The van der Waals surface area contributed by atoms with E-state index in [2.05, 4.69) is 6.92 Å². The van der Waals surface area contributed by atoms with Crippen LogP contribution in [0, 0.1) is 0 Å². The molecule has 2 rings (SSSR count). The van der Waals surface area contributed by atoms with Crippen molar-refractivity contribution in [3.63, 3.8) is 0 Å². The first-order valence-electron chi connectivity index (χ1n) is 5.92. The zero-order valence-corrected chi connectivity index (χ0v) is 12.9. The largest absolute Gasteiger partial charge is 0.377 e. The van der Waals surface area contributed by atoms with E-state index in [-0.39, 0.29) is 11.0 Å². The van der Waals surface area contributed by atoms with Gasteiger partial charge in [-0.1, -0.05) is 11.6 Å². The average molecular weight is 322 g/mol. The van der Waals surface area contributed by atoms with E-state index in [1.54, 1.807) is 23.9 Å².